The van der Waals surface area contributed by atoms with Crippen molar-refractivity contribution in [2.45, 2.75) is 105 Å². The minimum Gasteiger partial charge on any atom is -0.510 e. The van der Waals surface area contributed by atoms with Gasteiger partial charge in [-0.25, -0.2) is 4.98 Å². The molecule has 7 heteroatoms. The zero-order valence-electron chi connectivity index (χ0n) is 52.6. The summed E-state index contributed by atoms with van der Waals surface area (Å²) in [6.45, 7) is 27.7. The third-order valence-corrected chi connectivity index (χ3v) is 18.0. The van der Waals surface area contributed by atoms with Crippen LogP contribution in [0.4, 0.5) is 0 Å². The number of hydrogen-bond acceptors (Lipinski definition) is 3. The fourth-order valence-electron chi connectivity index (χ4n) is 13.1. The first-order valence-electron chi connectivity index (χ1n) is 30.8. The average molecular weight is 1340 g/mol. The molecule has 0 N–H and O–H groups in total. The molecule has 0 spiro atoms. The second kappa shape index (κ2) is 21.0. The van der Waals surface area contributed by atoms with E-state index >= 15 is 0 Å². The minimum absolute atomic E-state index is 0. The van der Waals surface area contributed by atoms with E-state index in [1.807, 2.05) is 30.5 Å². The Labute approximate surface area is 536 Å². The van der Waals surface area contributed by atoms with Gasteiger partial charge in [-0.2, -0.15) is 18.2 Å². The van der Waals surface area contributed by atoms with E-state index in [1.54, 1.807) is 0 Å². The van der Waals surface area contributed by atoms with E-state index in [0.717, 1.165) is 116 Å². The normalized spacial score (nSPS) is 12.6. The van der Waals surface area contributed by atoms with Crippen LogP contribution in [0.25, 0.3) is 128 Å². The largest absolute Gasteiger partial charge is 0.510 e. The van der Waals surface area contributed by atoms with Crippen LogP contribution in [-0.2, 0) is 42.7 Å². The molecule has 5 heterocycles. The number of furan rings is 1. The molecule has 4 aromatic heterocycles. The van der Waals surface area contributed by atoms with Gasteiger partial charge in [0.2, 0.25) is 0 Å². The summed E-state index contributed by atoms with van der Waals surface area (Å²) in [4.78, 5) is 4.95. The number of benzene rings is 10. The fourth-order valence-corrected chi connectivity index (χ4v) is 13.1. The maximum atomic E-state index is 6.97. The Balaban J connectivity index is 0.00000694. The molecule has 0 unspecified atom stereocenters. The zero-order chi connectivity index (χ0) is 60.8. The second-order valence-corrected chi connectivity index (χ2v) is 28.1. The molecule has 0 saturated heterocycles. The standard InChI is InChI=1S/C82H70N4O2.Pt/c1-79(2,3)53-36-37-83-76(46-53)86-71-30-19-17-28-64(71)65-34-33-59(48-72(65)86)87-58-23-21-22-57(47-58)84-49-85-77-67(52-38-54(80(4,5)6)43-55(39-52)81(7,8)9)44-56(82(10,11)12)45-70(77)63-27-16-14-25-61(63)60-24-13-15-26-62(60)69-41-51(42-73(84)78(69)85)50-32-35-75-68(40-50)66-29-18-20-31-74(66)88-75;/h13-46H,1-12H3;/q-2;. The van der Waals surface area contributed by atoms with E-state index in [9.17, 15) is 0 Å². The molecular formula is C82H70N4O2Pt-2. The third kappa shape index (κ3) is 9.92. The maximum Gasteiger partial charge on any atom is 0.268 e. The Hall–Kier alpha value is -9.09. The van der Waals surface area contributed by atoms with Gasteiger partial charge in [0.1, 0.15) is 17.0 Å². The van der Waals surface area contributed by atoms with Crippen LogP contribution in [-0.4, -0.2) is 14.1 Å². The monoisotopic (exact) mass is 1340 g/mol. The summed E-state index contributed by atoms with van der Waals surface area (Å²) in [6.07, 6.45) is 6.04. The molecule has 0 saturated carbocycles. The van der Waals surface area contributed by atoms with Gasteiger partial charge in [-0.3, -0.25) is 4.57 Å². The fraction of sp³-hybridized carbons (Fsp3) is 0.195. The summed E-state index contributed by atoms with van der Waals surface area (Å²) >= 11 is 0. The van der Waals surface area contributed by atoms with Gasteiger partial charge >= 0.3 is 0 Å². The van der Waals surface area contributed by atoms with E-state index in [1.165, 1.54) is 33.4 Å². The summed E-state index contributed by atoms with van der Waals surface area (Å²) in [6, 6.07) is 80.5. The van der Waals surface area contributed by atoms with Crippen molar-refractivity contribution in [2.75, 3.05) is 0 Å². The minimum atomic E-state index is -0.199. The molecule has 0 atom stereocenters. The van der Waals surface area contributed by atoms with Gasteiger partial charge < -0.3 is 18.3 Å². The van der Waals surface area contributed by atoms with Crippen molar-refractivity contribution in [2.24, 2.45) is 0 Å². The smallest absolute Gasteiger partial charge is 0.268 e. The van der Waals surface area contributed by atoms with Crippen molar-refractivity contribution < 1.29 is 34.8 Å². The number of aromatic nitrogens is 4. The Morgan fingerprint density at radius 3 is 1.71 bits per heavy atom. The molecule has 0 amide bonds. The molecule has 442 valence electrons. The van der Waals surface area contributed by atoms with E-state index in [0.29, 0.717) is 11.5 Å². The summed E-state index contributed by atoms with van der Waals surface area (Å²) in [5, 5.41) is 4.35. The van der Waals surface area contributed by atoms with Gasteiger partial charge in [0.15, 0.2) is 0 Å². The van der Waals surface area contributed by atoms with Crippen LogP contribution in [0.2, 0.25) is 0 Å². The van der Waals surface area contributed by atoms with Gasteiger partial charge in [0.25, 0.3) is 6.33 Å². The average Bonchev–Trinajstić information content (AvgIpc) is 1.74. The Morgan fingerprint density at radius 1 is 0.416 bits per heavy atom. The van der Waals surface area contributed by atoms with E-state index in [2.05, 4.69) is 291 Å². The van der Waals surface area contributed by atoms with Gasteiger partial charge in [0, 0.05) is 55.1 Å². The first-order valence-corrected chi connectivity index (χ1v) is 30.8. The predicted molar refractivity (Wildman–Crippen MR) is 363 cm³/mol. The van der Waals surface area contributed by atoms with Crippen LogP contribution in [0.3, 0.4) is 0 Å². The topological polar surface area (TPSA) is 49.0 Å². The van der Waals surface area contributed by atoms with Crippen LogP contribution in [0.1, 0.15) is 105 Å². The number of imidazole rings is 1. The van der Waals surface area contributed by atoms with Crippen LogP contribution < -0.4 is 9.30 Å². The quantitative estimate of drug-likeness (QED) is 0.123. The first kappa shape index (κ1) is 57.6. The van der Waals surface area contributed by atoms with E-state index < -0.39 is 0 Å². The van der Waals surface area contributed by atoms with Crippen molar-refractivity contribution in [1.82, 2.24) is 14.1 Å². The molecular weight excluding hydrogens is 1270 g/mol. The van der Waals surface area contributed by atoms with Crippen LogP contribution in [0.15, 0.2) is 211 Å². The number of ether oxygens (including phenoxy) is 1. The number of rotatable bonds is 6. The van der Waals surface area contributed by atoms with Gasteiger partial charge in [-0.15, -0.1) is 29.7 Å². The van der Waals surface area contributed by atoms with Crippen molar-refractivity contribution in [3.05, 3.63) is 247 Å². The molecule has 0 radical (unpaired) electrons. The number of hydrogen-bond donors (Lipinski definition) is 0. The molecule has 6 nitrogen and oxygen atoms in total. The third-order valence-electron chi connectivity index (χ3n) is 18.0. The summed E-state index contributed by atoms with van der Waals surface area (Å²) < 4.78 is 20.2. The van der Waals surface area contributed by atoms with E-state index in [4.69, 9.17) is 14.1 Å². The maximum absolute atomic E-state index is 6.97. The Morgan fingerprint density at radius 2 is 1.01 bits per heavy atom. The number of para-hydroxylation sites is 2. The van der Waals surface area contributed by atoms with Crippen LogP contribution in [0, 0.1) is 18.5 Å². The zero-order valence-corrected chi connectivity index (χ0v) is 54.8. The molecule has 1 aliphatic heterocycles. The molecule has 0 aliphatic carbocycles. The van der Waals surface area contributed by atoms with Crippen molar-refractivity contribution in [3.63, 3.8) is 0 Å². The number of fused-ring (bicyclic) bond motifs is 13. The van der Waals surface area contributed by atoms with Gasteiger partial charge in [0.05, 0.1) is 16.7 Å². The summed E-state index contributed by atoms with van der Waals surface area (Å²) in [7, 11) is 0. The molecule has 0 bridgehead atoms. The molecule has 15 rings (SSSR count). The molecule has 10 aromatic carbocycles. The van der Waals surface area contributed by atoms with Crippen LogP contribution >= 0.6 is 0 Å². The Kier molecular flexibility index (Phi) is 13.6. The predicted octanol–water partition coefficient (Wildman–Crippen LogP) is 21.3. The number of nitrogens with zero attached hydrogens (tertiary/aromatic N) is 4. The molecule has 89 heavy (non-hydrogen) atoms. The summed E-state index contributed by atoms with van der Waals surface area (Å²) in [5.41, 5.74) is 23.2. The van der Waals surface area contributed by atoms with Crippen molar-refractivity contribution in [1.29, 1.82) is 0 Å². The molecule has 1 aliphatic rings. The van der Waals surface area contributed by atoms with Gasteiger partial charge in [-0.05, 0) is 153 Å². The van der Waals surface area contributed by atoms with Gasteiger partial charge in [-0.1, -0.05) is 216 Å². The SMILES string of the molecule is CC(C)(C)c1cc(-c2cc(C(C)(C)C)cc3c2-[n+]2[c-]n(-c4[c-]c(Oc5[c-]c6c(cc5)c5ccccc5n6-c5cc(C(C)(C)C)ccn5)ccc4)c4cc(-c5ccc6oc7ccccc7c6c5)cc(c42)-c2ccccc2-c2ccccc2-3)cc(C(C)(C)C)c1.[Pt]. The number of pyridine rings is 1. The van der Waals surface area contributed by atoms with Crippen molar-refractivity contribution >= 4 is 54.8 Å². The van der Waals surface area contributed by atoms with Crippen molar-refractivity contribution in [3.8, 4) is 84.3 Å². The molecule has 0 fully saturated rings. The van der Waals surface area contributed by atoms with Crippen LogP contribution in [0.5, 0.6) is 11.5 Å². The second-order valence-electron chi connectivity index (χ2n) is 28.1. The Bertz CT molecular complexity index is 5150. The molecule has 14 aromatic rings. The first-order chi connectivity index (χ1) is 42.1. The summed E-state index contributed by atoms with van der Waals surface area (Å²) in [5.74, 6) is 1.95. The van der Waals surface area contributed by atoms with E-state index in [-0.39, 0.29) is 42.7 Å².